The molecule has 10 heteroatoms. The summed E-state index contributed by atoms with van der Waals surface area (Å²) in [6.45, 7) is 1.71. The van der Waals surface area contributed by atoms with Crippen LogP contribution in [0.4, 0.5) is 10.3 Å². The Morgan fingerprint density at radius 1 is 1.03 bits per heavy atom. The van der Waals surface area contributed by atoms with E-state index in [0.29, 0.717) is 16.0 Å². The Morgan fingerprint density at radius 3 is 2.39 bits per heavy atom. The maximum Gasteiger partial charge on any atom is 0.303 e. The molecule has 33 heavy (non-hydrogen) atoms. The Balaban J connectivity index is 1.49. The van der Waals surface area contributed by atoms with E-state index in [9.17, 15) is 9.90 Å². The number of rotatable bonds is 6. The van der Waals surface area contributed by atoms with Crippen LogP contribution in [0.25, 0.3) is 11.3 Å². The van der Waals surface area contributed by atoms with E-state index in [4.69, 9.17) is 0 Å². The molecular weight excluding hydrogens is 456 g/mol. The number of hydrogen-bond acceptors (Lipinski definition) is 9. The van der Waals surface area contributed by atoms with Gasteiger partial charge >= 0.3 is 5.91 Å². The van der Waals surface area contributed by atoms with Gasteiger partial charge in [-0.25, -0.2) is 9.97 Å². The number of carbonyl (C=O) groups excluding carboxylic acids is 1. The molecule has 5 rings (SSSR count). The van der Waals surface area contributed by atoms with E-state index in [1.807, 2.05) is 73.0 Å². The van der Waals surface area contributed by atoms with Crippen LogP contribution >= 0.6 is 22.7 Å². The average Bonchev–Trinajstić information content (AvgIpc) is 3.56. The van der Waals surface area contributed by atoms with Crippen molar-refractivity contribution in [1.82, 2.24) is 9.97 Å². The summed E-state index contributed by atoms with van der Waals surface area (Å²) in [7, 11) is 0. The number of hydrogen-bond donors (Lipinski definition) is 2. The number of benzene rings is 2. The van der Waals surface area contributed by atoms with Crippen LogP contribution in [0.3, 0.4) is 0 Å². The Morgan fingerprint density at radius 2 is 1.73 bits per heavy atom. The molecule has 3 heterocycles. The zero-order valence-corrected chi connectivity index (χ0v) is 19.1. The number of thiazole rings is 2. The second kappa shape index (κ2) is 9.02. The molecular formula is C23H18N6O2S2. The molecule has 0 aliphatic carbocycles. The molecule has 1 aliphatic heterocycles. The highest BCUT2D eigenvalue weighted by molar-refractivity contribution is 7.15. The molecule has 0 spiro atoms. The fraction of sp³-hybridized carbons (Fsp3) is 0.0870. The van der Waals surface area contributed by atoms with E-state index in [2.05, 4.69) is 25.6 Å². The molecule has 0 fully saturated rings. The van der Waals surface area contributed by atoms with Gasteiger partial charge in [0.05, 0.1) is 22.9 Å². The van der Waals surface area contributed by atoms with Crippen LogP contribution in [0.2, 0.25) is 0 Å². The highest BCUT2D eigenvalue weighted by atomic mass is 32.1. The first-order chi connectivity index (χ1) is 16.1. The molecule has 8 nitrogen and oxygen atoms in total. The third-order valence-corrected chi connectivity index (χ3v) is 6.77. The quantitative estimate of drug-likeness (QED) is 0.406. The van der Waals surface area contributed by atoms with Crippen LogP contribution < -0.4 is 10.4 Å². The standard InChI is InChI=1S/C23H18N6O2S2/c1-14-18(12-30)33-22(24-14)27-26-20-19(16-10-6-3-7-11-16)28-29(21(20)31)23-25-17(13-32-23)15-8-4-2-5-9-15/h2-11,13,30H,12H2,1H3,(H,24,27). The van der Waals surface area contributed by atoms with Gasteiger partial charge in [0.15, 0.2) is 5.71 Å². The van der Waals surface area contributed by atoms with Crippen LogP contribution in [-0.4, -0.2) is 32.4 Å². The minimum Gasteiger partial charge on any atom is -0.391 e. The Hall–Kier alpha value is -3.73. The van der Waals surface area contributed by atoms with Crippen LogP contribution in [0.5, 0.6) is 0 Å². The first-order valence-corrected chi connectivity index (χ1v) is 11.7. The van der Waals surface area contributed by atoms with Gasteiger partial charge in [0.2, 0.25) is 10.3 Å². The van der Waals surface area contributed by atoms with E-state index < -0.39 is 0 Å². The lowest BCUT2D eigenvalue weighted by atomic mass is 10.1. The van der Waals surface area contributed by atoms with Crippen molar-refractivity contribution < 1.29 is 9.90 Å². The summed E-state index contributed by atoms with van der Waals surface area (Å²) in [6.07, 6.45) is 0. The molecule has 1 aliphatic rings. The SMILES string of the molecule is Cc1nc(NN=C2C(=O)N(c3nc(-c4ccccc4)cs3)N=C2c2ccccc2)sc1CO. The van der Waals surface area contributed by atoms with Gasteiger partial charge in [0.25, 0.3) is 0 Å². The molecule has 2 N–H and O–H groups in total. The monoisotopic (exact) mass is 474 g/mol. The molecule has 2 aromatic heterocycles. The number of nitrogens with one attached hydrogen (secondary N) is 1. The van der Waals surface area contributed by atoms with Gasteiger partial charge in [-0.3, -0.25) is 10.2 Å². The number of aliphatic hydroxyl groups excluding tert-OH is 1. The van der Waals surface area contributed by atoms with Crippen molar-refractivity contribution >= 4 is 50.3 Å². The fourth-order valence-corrected chi connectivity index (χ4v) is 4.79. The number of anilines is 2. The molecule has 4 aromatic rings. The predicted octanol–water partition coefficient (Wildman–Crippen LogP) is 4.29. The normalized spacial score (nSPS) is 14.7. The summed E-state index contributed by atoms with van der Waals surface area (Å²) >= 11 is 2.63. The lowest BCUT2D eigenvalue weighted by Gasteiger charge is -2.06. The molecule has 0 unspecified atom stereocenters. The molecule has 0 atom stereocenters. The number of hydrazone groups is 2. The Bertz CT molecular complexity index is 1360. The van der Waals surface area contributed by atoms with Crippen LogP contribution in [0.15, 0.2) is 76.2 Å². The zero-order valence-electron chi connectivity index (χ0n) is 17.5. The van der Waals surface area contributed by atoms with Gasteiger partial charge in [-0.1, -0.05) is 72.0 Å². The van der Waals surface area contributed by atoms with Crippen LogP contribution in [0, 0.1) is 6.92 Å². The van der Waals surface area contributed by atoms with Gasteiger partial charge < -0.3 is 5.11 Å². The number of aliphatic hydroxyl groups is 1. The maximum absolute atomic E-state index is 13.3. The van der Waals surface area contributed by atoms with E-state index in [0.717, 1.165) is 27.4 Å². The largest absolute Gasteiger partial charge is 0.391 e. The number of aromatic nitrogens is 2. The molecule has 1 amide bonds. The number of aryl methyl sites for hydroxylation is 1. The van der Waals surface area contributed by atoms with Gasteiger partial charge in [-0.15, -0.1) is 11.3 Å². The van der Waals surface area contributed by atoms with Crippen molar-refractivity contribution in [2.75, 3.05) is 10.4 Å². The van der Waals surface area contributed by atoms with Gasteiger partial charge in [0.1, 0.15) is 5.71 Å². The maximum atomic E-state index is 13.3. The lowest BCUT2D eigenvalue weighted by molar-refractivity contribution is -0.112. The van der Waals surface area contributed by atoms with Crippen molar-refractivity contribution in [3.05, 3.63) is 82.2 Å². The van der Waals surface area contributed by atoms with Crippen molar-refractivity contribution in [3.63, 3.8) is 0 Å². The third-order valence-electron chi connectivity index (χ3n) is 4.91. The van der Waals surface area contributed by atoms with Crippen molar-refractivity contribution in [3.8, 4) is 11.3 Å². The minimum atomic E-state index is -0.383. The van der Waals surface area contributed by atoms with Crippen LogP contribution in [0.1, 0.15) is 16.1 Å². The predicted molar refractivity (Wildman–Crippen MR) is 132 cm³/mol. The second-order valence-electron chi connectivity index (χ2n) is 7.07. The number of nitrogens with zero attached hydrogens (tertiary/aromatic N) is 5. The molecule has 2 aromatic carbocycles. The summed E-state index contributed by atoms with van der Waals surface area (Å²) in [6, 6.07) is 19.2. The lowest BCUT2D eigenvalue weighted by Crippen LogP contribution is -2.28. The molecule has 164 valence electrons. The summed E-state index contributed by atoms with van der Waals surface area (Å²) in [5.41, 5.74) is 6.69. The highest BCUT2D eigenvalue weighted by Crippen LogP contribution is 2.30. The van der Waals surface area contributed by atoms with E-state index in [1.165, 1.54) is 27.7 Å². The second-order valence-corrected chi connectivity index (χ2v) is 8.99. The molecule has 0 saturated heterocycles. The van der Waals surface area contributed by atoms with Crippen molar-refractivity contribution in [2.24, 2.45) is 10.2 Å². The highest BCUT2D eigenvalue weighted by Gasteiger charge is 2.35. The van der Waals surface area contributed by atoms with E-state index >= 15 is 0 Å². The smallest absolute Gasteiger partial charge is 0.303 e. The minimum absolute atomic E-state index is 0.0982. The first kappa shape index (κ1) is 21.1. The van der Waals surface area contributed by atoms with Crippen molar-refractivity contribution in [1.29, 1.82) is 0 Å². The Kier molecular flexibility index (Phi) is 5.78. The Labute approximate surface area is 197 Å². The average molecular weight is 475 g/mol. The van der Waals surface area contributed by atoms with Gasteiger partial charge in [-0.05, 0) is 6.92 Å². The third kappa shape index (κ3) is 4.19. The van der Waals surface area contributed by atoms with Crippen molar-refractivity contribution in [2.45, 2.75) is 13.5 Å². The zero-order chi connectivity index (χ0) is 22.8. The van der Waals surface area contributed by atoms with E-state index in [1.54, 1.807) is 0 Å². The van der Waals surface area contributed by atoms with Gasteiger partial charge in [-0.2, -0.15) is 15.2 Å². The first-order valence-electron chi connectivity index (χ1n) is 10.0. The number of amides is 1. The van der Waals surface area contributed by atoms with Gasteiger partial charge in [0, 0.05) is 16.5 Å². The fourth-order valence-electron chi connectivity index (χ4n) is 3.24. The summed E-state index contributed by atoms with van der Waals surface area (Å²) in [5, 5.41) is 22.5. The summed E-state index contributed by atoms with van der Waals surface area (Å²) in [4.78, 5) is 23.0. The summed E-state index contributed by atoms with van der Waals surface area (Å²) < 4.78 is 0. The van der Waals surface area contributed by atoms with E-state index in [-0.39, 0.29) is 18.2 Å². The topological polar surface area (TPSA) is 103 Å². The van der Waals surface area contributed by atoms with Crippen LogP contribution in [-0.2, 0) is 11.4 Å². The molecule has 0 radical (unpaired) electrons. The molecule has 0 saturated carbocycles. The number of carbonyl (C=O) groups is 1. The molecule has 0 bridgehead atoms. The summed E-state index contributed by atoms with van der Waals surface area (Å²) in [5.74, 6) is -0.383.